The summed E-state index contributed by atoms with van der Waals surface area (Å²) in [7, 11) is 2.19. The van der Waals surface area contributed by atoms with E-state index in [1.807, 2.05) is 0 Å². The quantitative estimate of drug-likeness (QED) is 0.425. The van der Waals surface area contributed by atoms with E-state index in [1.54, 1.807) is 0 Å². The van der Waals surface area contributed by atoms with E-state index in [9.17, 15) is 0 Å². The van der Waals surface area contributed by atoms with Crippen LogP contribution in [0.15, 0.2) is 60.2 Å². The van der Waals surface area contributed by atoms with Gasteiger partial charge in [-0.05, 0) is 30.2 Å². The van der Waals surface area contributed by atoms with Crippen molar-refractivity contribution in [1.82, 2.24) is 4.57 Å². The van der Waals surface area contributed by atoms with Crippen LogP contribution in [-0.4, -0.2) is 4.57 Å². The summed E-state index contributed by atoms with van der Waals surface area (Å²) in [6, 6.07) is 15.7. The van der Waals surface area contributed by atoms with Gasteiger partial charge in [0.15, 0.2) is 0 Å². The number of benzene rings is 2. The Morgan fingerprint density at radius 2 is 1.85 bits per heavy atom. The summed E-state index contributed by atoms with van der Waals surface area (Å²) < 4.78 is 2.36. The van der Waals surface area contributed by atoms with Gasteiger partial charge in [-0.3, -0.25) is 6.08 Å². The first-order chi connectivity index (χ1) is 11.3. The zero-order chi connectivity index (χ0) is 15.6. The second kappa shape index (κ2) is 7.89. The van der Waals surface area contributed by atoms with Gasteiger partial charge in [-0.15, -0.1) is 6.42 Å². The topological polar surface area (TPSA) is 4.93 Å². The van der Waals surface area contributed by atoms with E-state index >= 15 is 0 Å². The van der Waals surface area contributed by atoms with Crippen molar-refractivity contribution in [3.05, 3.63) is 83.0 Å². The molecular weight excluding hydrogens is 440 g/mol. The molecule has 0 spiro atoms. The van der Waals surface area contributed by atoms with Crippen molar-refractivity contribution in [3.63, 3.8) is 0 Å². The van der Waals surface area contributed by atoms with Crippen molar-refractivity contribution >= 4 is 10.9 Å². The van der Waals surface area contributed by atoms with Crippen LogP contribution in [0.2, 0.25) is 0 Å². The Balaban J connectivity index is 0.000000810. The molecule has 1 atom stereocenters. The average Bonchev–Trinajstić information content (AvgIpc) is 3.24. The monoisotopic (exact) mass is 456 g/mol. The molecule has 0 amide bonds. The molecule has 1 aromatic heterocycles. The van der Waals surface area contributed by atoms with Crippen molar-refractivity contribution in [1.29, 1.82) is 0 Å². The minimum Gasteiger partial charge on any atom is -1.00 e. The summed E-state index contributed by atoms with van der Waals surface area (Å²) in [6.45, 7) is 2.18. The molecule has 2 aromatic carbocycles. The molecule has 0 aliphatic heterocycles. The molecule has 0 bridgehead atoms. The Morgan fingerprint density at radius 1 is 1.08 bits per heavy atom. The molecule has 4 heteroatoms. The summed E-state index contributed by atoms with van der Waals surface area (Å²) in [6.07, 6.45) is 8.97. The summed E-state index contributed by atoms with van der Waals surface area (Å²) >= 11 is 0. The number of aryl methyl sites for hydroxylation is 2. The van der Waals surface area contributed by atoms with Crippen molar-refractivity contribution in [2.75, 3.05) is 0 Å². The Bertz CT molecular complexity index is 1030. The zero-order valence-corrected chi connectivity index (χ0v) is 18.7. The van der Waals surface area contributed by atoms with Crippen molar-refractivity contribution in [3.8, 4) is 11.3 Å². The summed E-state index contributed by atoms with van der Waals surface area (Å²) in [5, 5.41) is 1.39. The van der Waals surface area contributed by atoms with Gasteiger partial charge in [0.1, 0.15) is 0 Å². The predicted molar refractivity (Wildman–Crippen MR) is 95.4 cm³/mol. The van der Waals surface area contributed by atoms with Crippen LogP contribution in [0, 0.1) is 13.0 Å². The van der Waals surface area contributed by atoms with Gasteiger partial charge in [0, 0.05) is 29.4 Å². The van der Waals surface area contributed by atoms with Crippen LogP contribution in [-0.2, 0) is 33.3 Å². The van der Waals surface area contributed by atoms with Crippen LogP contribution in [0.25, 0.3) is 22.2 Å². The number of hydrogen-bond donors (Lipinski definition) is 0. The van der Waals surface area contributed by atoms with Crippen molar-refractivity contribution in [2.24, 2.45) is 7.05 Å². The largest absolute Gasteiger partial charge is 3.00 e. The fourth-order valence-corrected chi connectivity index (χ4v) is 4.27. The summed E-state index contributed by atoms with van der Waals surface area (Å²) in [5.41, 5.74) is 9.60. The summed E-state index contributed by atoms with van der Waals surface area (Å²) in [4.78, 5) is 0. The SMILES string of the molecule is Cc1ccc2c(c1)c1c(n2C)-c2ccccc2C1C1=[C-]CC=C1.[Cl-].[Cl-].[Zr+3]. The third-order valence-electron chi connectivity index (χ3n) is 5.24. The number of aromatic nitrogens is 1. The van der Waals surface area contributed by atoms with Gasteiger partial charge < -0.3 is 29.4 Å². The zero-order valence-electron chi connectivity index (χ0n) is 14.7. The molecule has 1 radical (unpaired) electrons. The Morgan fingerprint density at radius 3 is 2.58 bits per heavy atom. The first kappa shape index (κ1) is 21.2. The van der Waals surface area contributed by atoms with Crippen LogP contribution in [0.3, 0.4) is 0 Å². The molecule has 0 N–H and O–H groups in total. The normalized spacial score (nSPS) is 16.2. The van der Waals surface area contributed by atoms with Crippen LogP contribution >= 0.6 is 0 Å². The van der Waals surface area contributed by atoms with Gasteiger partial charge in [0.25, 0.3) is 0 Å². The summed E-state index contributed by atoms with van der Waals surface area (Å²) in [5.74, 6) is 0.324. The molecule has 1 nitrogen and oxygen atoms in total. The molecule has 5 rings (SSSR count). The van der Waals surface area contributed by atoms with Crippen LogP contribution in [0.1, 0.15) is 29.0 Å². The molecule has 0 fully saturated rings. The fraction of sp³-hybridized carbons (Fsp3) is 0.182. The van der Waals surface area contributed by atoms with E-state index in [4.69, 9.17) is 0 Å². The Hall–Kier alpha value is -1.08. The van der Waals surface area contributed by atoms with Gasteiger partial charge in [-0.2, -0.15) is 6.08 Å². The van der Waals surface area contributed by atoms with E-state index < -0.39 is 0 Å². The smallest absolute Gasteiger partial charge is 1.00 e. The van der Waals surface area contributed by atoms with E-state index in [2.05, 4.69) is 79.2 Å². The maximum atomic E-state index is 3.57. The average molecular weight is 459 g/mol. The third kappa shape index (κ3) is 2.87. The van der Waals surface area contributed by atoms with Crippen molar-refractivity contribution < 1.29 is 51.0 Å². The number of hydrogen-bond acceptors (Lipinski definition) is 0. The Kier molecular flexibility index (Phi) is 6.44. The van der Waals surface area contributed by atoms with Gasteiger partial charge in [-0.25, -0.2) is 11.6 Å². The maximum absolute atomic E-state index is 3.57. The molecule has 1 unspecified atom stereocenters. The van der Waals surface area contributed by atoms with E-state index in [1.165, 1.54) is 44.4 Å². The van der Waals surface area contributed by atoms with Gasteiger partial charge >= 0.3 is 26.2 Å². The molecular formula is C22H18Cl2NZr. The minimum absolute atomic E-state index is 0. The fourth-order valence-electron chi connectivity index (χ4n) is 4.27. The third-order valence-corrected chi connectivity index (χ3v) is 5.24. The molecule has 129 valence electrons. The number of nitrogens with zero attached hydrogens (tertiary/aromatic N) is 1. The number of rotatable bonds is 1. The Labute approximate surface area is 186 Å². The van der Waals surface area contributed by atoms with Crippen LogP contribution in [0.4, 0.5) is 0 Å². The molecule has 0 saturated carbocycles. The first-order valence-corrected chi connectivity index (χ1v) is 8.21. The van der Waals surface area contributed by atoms with Crippen LogP contribution in [0.5, 0.6) is 0 Å². The number of halogens is 2. The number of allylic oxidation sites excluding steroid dienone is 4. The molecule has 3 aromatic rings. The molecule has 2 aliphatic rings. The van der Waals surface area contributed by atoms with Crippen molar-refractivity contribution in [2.45, 2.75) is 19.3 Å². The number of fused-ring (bicyclic) bond motifs is 5. The van der Waals surface area contributed by atoms with Crippen LogP contribution < -0.4 is 24.8 Å². The minimum atomic E-state index is 0. The maximum Gasteiger partial charge on any atom is 3.00 e. The van der Waals surface area contributed by atoms with E-state index in [0.717, 1.165) is 6.42 Å². The molecule has 1 heterocycles. The van der Waals surface area contributed by atoms with E-state index in [-0.39, 0.29) is 51.0 Å². The first-order valence-electron chi connectivity index (χ1n) is 8.21. The second-order valence-electron chi connectivity index (χ2n) is 6.60. The molecule has 2 aliphatic carbocycles. The predicted octanol–water partition coefficient (Wildman–Crippen LogP) is -0.706. The molecule has 0 saturated heterocycles. The molecule has 26 heavy (non-hydrogen) atoms. The van der Waals surface area contributed by atoms with Gasteiger partial charge in [0.2, 0.25) is 0 Å². The standard InChI is InChI=1S/C22H18N.2ClH.Zr/c1-14-11-12-19-18(13-14)21-20(15-7-3-4-8-15)16-9-5-6-10-17(16)22(21)23(19)2;;;/h3,5-7,9-13,20H,4H2,1-2H3;2*1H;/q-1;;;+3/p-2. The van der Waals surface area contributed by atoms with E-state index in [0.29, 0.717) is 5.92 Å². The van der Waals surface area contributed by atoms with Gasteiger partial charge in [0.05, 0.1) is 5.69 Å². The van der Waals surface area contributed by atoms with Gasteiger partial charge in [-0.1, -0.05) is 35.9 Å². The second-order valence-corrected chi connectivity index (χ2v) is 6.60.